The average Bonchev–Trinajstić information content (AvgIpc) is 3.32. The van der Waals surface area contributed by atoms with E-state index in [2.05, 4.69) is 54.6 Å². The second kappa shape index (κ2) is 7.93. The molecule has 3 heteroatoms. The van der Waals surface area contributed by atoms with Crippen molar-refractivity contribution in [1.29, 1.82) is 0 Å². The summed E-state index contributed by atoms with van der Waals surface area (Å²) in [5.74, 6) is 0. The van der Waals surface area contributed by atoms with Gasteiger partial charge in [0.2, 0.25) is 0 Å². The van der Waals surface area contributed by atoms with E-state index in [1.165, 1.54) is 0 Å². The van der Waals surface area contributed by atoms with E-state index in [9.17, 15) is 0 Å². The Bertz CT molecular complexity index is 1840. The van der Waals surface area contributed by atoms with Gasteiger partial charge in [0, 0.05) is 33.0 Å². The molecule has 0 aliphatic rings. The van der Waals surface area contributed by atoms with E-state index in [-0.39, 0.29) is 0 Å². The Morgan fingerprint density at radius 1 is 0.457 bits per heavy atom. The highest BCUT2D eigenvalue weighted by molar-refractivity contribution is 6.11. The smallest absolute Gasteiger partial charge is 0.143 e. The quantitative estimate of drug-likeness (QED) is 0.272. The van der Waals surface area contributed by atoms with Crippen molar-refractivity contribution < 1.29 is 4.42 Å². The summed E-state index contributed by atoms with van der Waals surface area (Å²) < 4.78 is 6.35. The zero-order chi connectivity index (χ0) is 23.2. The summed E-state index contributed by atoms with van der Waals surface area (Å²) in [6, 6.07) is 41.2. The molecule has 0 fully saturated rings. The van der Waals surface area contributed by atoms with Crippen LogP contribution in [0.3, 0.4) is 0 Å². The van der Waals surface area contributed by atoms with E-state index >= 15 is 0 Å². The lowest BCUT2D eigenvalue weighted by molar-refractivity contribution is 0.670. The van der Waals surface area contributed by atoms with Crippen LogP contribution in [0.5, 0.6) is 0 Å². The van der Waals surface area contributed by atoms with Crippen LogP contribution in [-0.2, 0) is 0 Å². The fourth-order valence-electron chi connectivity index (χ4n) is 4.85. The van der Waals surface area contributed by atoms with Crippen molar-refractivity contribution in [2.24, 2.45) is 0 Å². The van der Waals surface area contributed by atoms with Gasteiger partial charge in [-0.15, -0.1) is 0 Å². The number of para-hydroxylation sites is 3. The van der Waals surface area contributed by atoms with E-state index in [0.717, 1.165) is 66.6 Å². The average molecular weight is 449 g/mol. The molecule has 0 aliphatic heterocycles. The molecule has 0 saturated heterocycles. The predicted octanol–water partition coefficient (Wildman–Crippen LogP) is 8.53. The molecule has 0 radical (unpaired) electrons. The Balaban J connectivity index is 1.55. The number of fused-ring (bicyclic) bond motifs is 4. The summed E-state index contributed by atoms with van der Waals surface area (Å²) in [6.45, 7) is 0. The van der Waals surface area contributed by atoms with E-state index < -0.39 is 0 Å². The summed E-state index contributed by atoms with van der Waals surface area (Å²) >= 11 is 0. The first-order valence-corrected chi connectivity index (χ1v) is 11.7. The Morgan fingerprint density at radius 2 is 1.06 bits per heavy atom. The van der Waals surface area contributed by atoms with Gasteiger partial charge in [-0.25, -0.2) is 9.97 Å². The SMILES string of the molecule is c1ccc(-c2nc3cccc(-c4cccc5c4oc4ccccc45)c3nc2-c2ccccc2)cc1. The molecule has 0 saturated carbocycles. The zero-order valence-electron chi connectivity index (χ0n) is 18.8. The summed E-state index contributed by atoms with van der Waals surface area (Å²) in [5.41, 5.74) is 9.34. The summed E-state index contributed by atoms with van der Waals surface area (Å²) in [6.07, 6.45) is 0. The molecule has 0 spiro atoms. The Kier molecular flexibility index (Phi) is 4.46. The minimum atomic E-state index is 0.856. The molecule has 0 bridgehead atoms. The minimum Gasteiger partial charge on any atom is -0.455 e. The van der Waals surface area contributed by atoms with Gasteiger partial charge < -0.3 is 4.42 Å². The number of nitrogens with zero attached hydrogens (tertiary/aromatic N) is 2. The van der Waals surface area contributed by atoms with Crippen LogP contribution in [0.1, 0.15) is 0 Å². The van der Waals surface area contributed by atoms with Gasteiger partial charge >= 0.3 is 0 Å². The molecule has 3 nitrogen and oxygen atoms in total. The van der Waals surface area contributed by atoms with Crippen LogP contribution >= 0.6 is 0 Å². The third-order valence-corrected chi connectivity index (χ3v) is 6.48. The van der Waals surface area contributed by atoms with Crippen LogP contribution in [0.4, 0.5) is 0 Å². The van der Waals surface area contributed by atoms with Crippen molar-refractivity contribution >= 4 is 33.0 Å². The number of furan rings is 1. The van der Waals surface area contributed by atoms with Crippen LogP contribution in [0.15, 0.2) is 126 Å². The van der Waals surface area contributed by atoms with Gasteiger partial charge in [0.05, 0.1) is 22.4 Å². The molecule has 7 rings (SSSR count). The van der Waals surface area contributed by atoms with E-state index in [1.807, 2.05) is 66.7 Å². The highest BCUT2D eigenvalue weighted by Crippen LogP contribution is 2.39. The normalized spacial score (nSPS) is 11.4. The highest BCUT2D eigenvalue weighted by Gasteiger charge is 2.18. The molecular weight excluding hydrogens is 428 g/mol. The second-order valence-corrected chi connectivity index (χ2v) is 8.61. The van der Waals surface area contributed by atoms with Gasteiger partial charge in [0.15, 0.2) is 0 Å². The number of benzene rings is 5. The molecule has 2 aromatic heterocycles. The fourth-order valence-corrected chi connectivity index (χ4v) is 4.85. The maximum Gasteiger partial charge on any atom is 0.143 e. The molecule has 35 heavy (non-hydrogen) atoms. The third kappa shape index (κ3) is 3.21. The van der Waals surface area contributed by atoms with Gasteiger partial charge in [-0.2, -0.15) is 0 Å². The van der Waals surface area contributed by atoms with Gasteiger partial charge in [0.1, 0.15) is 11.2 Å². The summed E-state index contributed by atoms with van der Waals surface area (Å²) in [4.78, 5) is 10.4. The largest absolute Gasteiger partial charge is 0.455 e. The van der Waals surface area contributed by atoms with Crippen molar-refractivity contribution in [2.45, 2.75) is 0 Å². The Morgan fingerprint density at radius 3 is 1.83 bits per heavy atom. The lowest BCUT2D eigenvalue weighted by Gasteiger charge is -2.13. The van der Waals surface area contributed by atoms with Crippen molar-refractivity contribution in [2.75, 3.05) is 0 Å². The van der Waals surface area contributed by atoms with Crippen LogP contribution in [0.2, 0.25) is 0 Å². The van der Waals surface area contributed by atoms with Crippen molar-refractivity contribution in [3.8, 4) is 33.6 Å². The zero-order valence-corrected chi connectivity index (χ0v) is 18.8. The van der Waals surface area contributed by atoms with Crippen LogP contribution in [-0.4, -0.2) is 9.97 Å². The number of hydrogen-bond acceptors (Lipinski definition) is 3. The Hall–Kier alpha value is -4.76. The first kappa shape index (κ1) is 19.7. The summed E-state index contributed by atoms with van der Waals surface area (Å²) in [5, 5.41) is 2.22. The number of rotatable bonds is 3. The van der Waals surface area contributed by atoms with E-state index in [0.29, 0.717) is 0 Å². The molecule has 2 heterocycles. The van der Waals surface area contributed by atoms with Gasteiger partial charge in [-0.05, 0) is 12.1 Å². The predicted molar refractivity (Wildman–Crippen MR) is 143 cm³/mol. The standard InChI is InChI=1S/C32H20N2O/c1-3-11-21(12-4-1)29-30(22-13-5-2-6-14-22)34-31-24(16-10-19-27(31)33-29)26-18-9-17-25-23-15-7-8-20-28(23)35-32(25)26/h1-20H. The van der Waals surface area contributed by atoms with E-state index in [4.69, 9.17) is 14.4 Å². The lowest BCUT2D eigenvalue weighted by Crippen LogP contribution is -1.97. The van der Waals surface area contributed by atoms with Crippen molar-refractivity contribution in [1.82, 2.24) is 9.97 Å². The molecule has 0 aliphatic carbocycles. The van der Waals surface area contributed by atoms with Gasteiger partial charge in [-0.1, -0.05) is 109 Å². The summed E-state index contributed by atoms with van der Waals surface area (Å²) in [7, 11) is 0. The van der Waals surface area contributed by atoms with E-state index in [1.54, 1.807) is 0 Å². The fraction of sp³-hybridized carbons (Fsp3) is 0. The molecule has 7 aromatic rings. The lowest BCUT2D eigenvalue weighted by atomic mass is 9.99. The molecule has 0 atom stereocenters. The molecule has 0 amide bonds. The number of aromatic nitrogens is 2. The van der Waals surface area contributed by atoms with Crippen LogP contribution < -0.4 is 0 Å². The monoisotopic (exact) mass is 448 g/mol. The van der Waals surface area contributed by atoms with Gasteiger partial charge in [0.25, 0.3) is 0 Å². The highest BCUT2D eigenvalue weighted by atomic mass is 16.3. The number of hydrogen-bond donors (Lipinski definition) is 0. The topological polar surface area (TPSA) is 38.9 Å². The van der Waals surface area contributed by atoms with Crippen molar-refractivity contribution in [3.63, 3.8) is 0 Å². The van der Waals surface area contributed by atoms with Crippen LogP contribution in [0, 0.1) is 0 Å². The van der Waals surface area contributed by atoms with Crippen LogP contribution in [0.25, 0.3) is 66.6 Å². The first-order valence-electron chi connectivity index (χ1n) is 11.7. The second-order valence-electron chi connectivity index (χ2n) is 8.61. The third-order valence-electron chi connectivity index (χ3n) is 6.48. The minimum absolute atomic E-state index is 0.856. The molecular formula is C32H20N2O. The maximum atomic E-state index is 6.35. The first-order chi connectivity index (χ1) is 17.4. The van der Waals surface area contributed by atoms with Crippen molar-refractivity contribution in [3.05, 3.63) is 121 Å². The molecule has 0 N–H and O–H groups in total. The molecule has 164 valence electrons. The van der Waals surface area contributed by atoms with Gasteiger partial charge in [-0.3, -0.25) is 0 Å². The Labute approximate surface area is 202 Å². The maximum absolute atomic E-state index is 6.35. The molecule has 0 unspecified atom stereocenters. The molecule has 5 aromatic carbocycles.